The minimum Gasteiger partial charge on any atom is -0.497 e. The van der Waals surface area contributed by atoms with Gasteiger partial charge >= 0.3 is 0 Å². The summed E-state index contributed by atoms with van der Waals surface area (Å²) in [5.41, 5.74) is 1.69. The van der Waals surface area contributed by atoms with Crippen molar-refractivity contribution in [1.29, 1.82) is 0 Å². The number of carbonyl (C=O) groups excluding carboxylic acids is 2. The molecule has 1 fully saturated rings. The van der Waals surface area contributed by atoms with Crippen LogP contribution in [0.4, 0.5) is 0 Å². The molecule has 1 atom stereocenters. The van der Waals surface area contributed by atoms with Crippen LogP contribution in [0.25, 0.3) is 0 Å². The average molecular weight is 547 g/mol. The summed E-state index contributed by atoms with van der Waals surface area (Å²) in [6.45, 7) is 3.82. The standard InChI is InChI=1S/C27H38N4O6S/c1-29(38(3,34)35)21-26(32)31(20-23-9-11-24(36-2)12-10-23)25(19-22-7-5-4-6-8-22)27(33)28-13-14-30-15-17-37-18-16-30/h4-12,25H,13-21H2,1-3H3,(H,28,33)/t25-/m0/s1. The molecule has 2 aromatic rings. The zero-order valence-corrected chi connectivity index (χ0v) is 23.2. The molecule has 38 heavy (non-hydrogen) atoms. The van der Waals surface area contributed by atoms with Crippen molar-refractivity contribution < 1.29 is 27.5 Å². The van der Waals surface area contributed by atoms with Gasteiger partial charge in [0.25, 0.3) is 0 Å². The highest BCUT2D eigenvalue weighted by Gasteiger charge is 2.32. The maximum atomic E-state index is 13.6. The van der Waals surface area contributed by atoms with E-state index in [1.807, 2.05) is 42.5 Å². The molecule has 3 rings (SSSR count). The van der Waals surface area contributed by atoms with Gasteiger partial charge in [0.05, 0.1) is 33.1 Å². The third kappa shape index (κ3) is 9.09. The van der Waals surface area contributed by atoms with Crippen LogP contribution in [0, 0.1) is 0 Å². The Labute approximate surface area is 225 Å². The number of carbonyl (C=O) groups is 2. The lowest BCUT2D eigenvalue weighted by Gasteiger charge is -2.33. The fraction of sp³-hybridized carbons (Fsp3) is 0.481. The van der Waals surface area contributed by atoms with Crippen molar-refractivity contribution in [3.8, 4) is 5.75 Å². The Bertz CT molecular complexity index is 1140. The number of hydrogen-bond donors (Lipinski definition) is 1. The van der Waals surface area contributed by atoms with Crippen molar-refractivity contribution >= 4 is 21.8 Å². The molecule has 0 saturated carbocycles. The predicted molar refractivity (Wildman–Crippen MR) is 145 cm³/mol. The molecule has 0 aromatic heterocycles. The minimum absolute atomic E-state index is 0.134. The van der Waals surface area contributed by atoms with Crippen molar-refractivity contribution in [1.82, 2.24) is 19.4 Å². The van der Waals surface area contributed by atoms with Crippen LogP contribution < -0.4 is 10.1 Å². The number of benzene rings is 2. The van der Waals surface area contributed by atoms with Crippen LogP contribution in [0.15, 0.2) is 54.6 Å². The van der Waals surface area contributed by atoms with E-state index in [0.717, 1.165) is 34.8 Å². The van der Waals surface area contributed by atoms with Crippen molar-refractivity contribution in [2.45, 2.75) is 19.0 Å². The van der Waals surface area contributed by atoms with Crippen LogP contribution in [-0.4, -0.2) is 107 Å². The topological polar surface area (TPSA) is 108 Å². The fourth-order valence-electron chi connectivity index (χ4n) is 4.16. The second kappa shape index (κ2) is 14.2. The number of nitrogens with one attached hydrogen (secondary N) is 1. The lowest BCUT2D eigenvalue weighted by atomic mass is 10.0. The molecule has 1 heterocycles. The van der Waals surface area contributed by atoms with E-state index in [2.05, 4.69) is 10.2 Å². The molecule has 0 radical (unpaired) electrons. The van der Waals surface area contributed by atoms with E-state index >= 15 is 0 Å². The normalized spacial score (nSPS) is 15.2. The van der Waals surface area contributed by atoms with E-state index in [4.69, 9.17) is 9.47 Å². The third-order valence-corrected chi connectivity index (χ3v) is 7.80. The molecule has 1 aliphatic heterocycles. The first kappa shape index (κ1) is 29.6. The number of sulfonamides is 1. The highest BCUT2D eigenvalue weighted by atomic mass is 32.2. The molecular weight excluding hydrogens is 508 g/mol. The second-order valence-electron chi connectivity index (χ2n) is 9.34. The molecule has 1 saturated heterocycles. The summed E-state index contributed by atoms with van der Waals surface area (Å²) in [5.74, 6) is -0.0749. The summed E-state index contributed by atoms with van der Waals surface area (Å²) in [6, 6.07) is 15.9. The third-order valence-electron chi connectivity index (χ3n) is 6.54. The van der Waals surface area contributed by atoms with Gasteiger partial charge in [0, 0.05) is 46.2 Å². The van der Waals surface area contributed by atoms with Crippen LogP contribution in [-0.2, 0) is 37.3 Å². The van der Waals surface area contributed by atoms with Gasteiger partial charge in [-0.2, -0.15) is 4.31 Å². The molecule has 10 nitrogen and oxygen atoms in total. The zero-order valence-electron chi connectivity index (χ0n) is 22.3. The SMILES string of the molecule is COc1ccc(CN(C(=O)CN(C)S(C)(=O)=O)[C@@H](Cc2ccccc2)C(=O)NCCN2CCOCC2)cc1. The summed E-state index contributed by atoms with van der Waals surface area (Å²) in [4.78, 5) is 30.9. The Morgan fingerprint density at radius 3 is 2.32 bits per heavy atom. The highest BCUT2D eigenvalue weighted by molar-refractivity contribution is 7.88. The quantitative estimate of drug-likeness (QED) is 0.399. The maximum Gasteiger partial charge on any atom is 0.243 e. The lowest BCUT2D eigenvalue weighted by molar-refractivity contribution is -0.141. The predicted octanol–water partition coefficient (Wildman–Crippen LogP) is 0.975. The average Bonchev–Trinajstić information content (AvgIpc) is 2.91. The molecule has 11 heteroatoms. The summed E-state index contributed by atoms with van der Waals surface area (Å²) in [6.07, 6.45) is 1.34. The number of amides is 2. The molecule has 0 bridgehead atoms. The summed E-state index contributed by atoms with van der Waals surface area (Å²) >= 11 is 0. The first-order valence-corrected chi connectivity index (χ1v) is 14.5. The maximum absolute atomic E-state index is 13.6. The van der Waals surface area contributed by atoms with E-state index in [1.165, 1.54) is 11.9 Å². The summed E-state index contributed by atoms with van der Waals surface area (Å²) in [5, 5.41) is 3.01. The second-order valence-corrected chi connectivity index (χ2v) is 11.4. The van der Waals surface area contributed by atoms with Crippen LogP contribution in [0.2, 0.25) is 0 Å². The first-order valence-electron chi connectivity index (χ1n) is 12.6. The number of rotatable bonds is 13. The monoisotopic (exact) mass is 546 g/mol. The van der Waals surface area contributed by atoms with Gasteiger partial charge in [0.1, 0.15) is 11.8 Å². The number of likely N-dealkylation sites (N-methyl/N-ethyl adjacent to an activating group) is 1. The van der Waals surface area contributed by atoms with E-state index in [-0.39, 0.29) is 25.4 Å². The Morgan fingerprint density at radius 1 is 1.05 bits per heavy atom. The van der Waals surface area contributed by atoms with Crippen LogP contribution in [0.3, 0.4) is 0 Å². The molecule has 1 aliphatic rings. The van der Waals surface area contributed by atoms with Crippen LogP contribution in [0.1, 0.15) is 11.1 Å². The Balaban J connectivity index is 1.86. The molecule has 2 amide bonds. The van der Waals surface area contributed by atoms with Gasteiger partial charge in [0.15, 0.2) is 0 Å². The molecule has 208 valence electrons. The van der Waals surface area contributed by atoms with Crippen LogP contribution in [0.5, 0.6) is 5.75 Å². The summed E-state index contributed by atoms with van der Waals surface area (Å²) in [7, 11) is -0.665. The number of methoxy groups -OCH3 is 1. The minimum atomic E-state index is -3.59. The molecule has 2 aromatic carbocycles. The lowest BCUT2D eigenvalue weighted by Crippen LogP contribution is -2.53. The van der Waals surface area contributed by atoms with Crippen molar-refractivity contribution in [3.05, 3.63) is 65.7 Å². The van der Waals surface area contributed by atoms with Gasteiger partial charge in [-0.05, 0) is 23.3 Å². The van der Waals surface area contributed by atoms with Crippen LogP contribution >= 0.6 is 0 Å². The van der Waals surface area contributed by atoms with E-state index in [1.54, 1.807) is 19.2 Å². The highest BCUT2D eigenvalue weighted by Crippen LogP contribution is 2.18. The first-order chi connectivity index (χ1) is 18.2. The van der Waals surface area contributed by atoms with Gasteiger partial charge in [-0.3, -0.25) is 14.5 Å². The molecular formula is C27H38N4O6S. The largest absolute Gasteiger partial charge is 0.497 e. The van der Waals surface area contributed by atoms with Gasteiger partial charge in [-0.15, -0.1) is 0 Å². The van der Waals surface area contributed by atoms with Crippen molar-refractivity contribution in [2.75, 3.05) is 66.4 Å². The van der Waals surface area contributed by atoms with Crippen molar-refractivity contribution in [2.24, 2.45) is 0 Å². The summed E-state index contributed by atoms with van der Waals surface area (Å²) < 4.78 is 35.7. The molecule has 0 spiro atoms. The van der Waals surface area contributed by atoms with Gasteiger partial charge < -0.3 is 19.7 Å². The van der Waals surface area contributed by atoms with E-state index < -0.39 is 22.0 Å². The Kier molecular flexibility index (Phi) is 11.1. The zero-order chi connectivity index (χ0) is 27.5. The fourth-order valence-corrected chi connectivity index (χ4v) is 4.50. The Hall–Kier alpha value is -2.99. The Morgan fingerprint density at radius 2 is 1.71 bits per heavy atom. The molecule has 1 N–H and O–H groups in total. The van der Waals surface area contributed by atoms with E-state index in [9.17, 15) is 18.0 Å². The molecule has 0 aliphatic carbocycles. The number of hydrogen-bond acceptors (Lipinski definition) is 7. The van der Waals surface area contributed by atoms with Gasteiger partial charge in [-0.1, -0.05) is 42.5 Å². The van der Waals surface area contributed by atoms with Crippen molar-refractivity contribution in [3.63, 3.8) is 0 Å². The smallest absolute Gasteiger partial charge is 0.243 e. The molecule has 0 unspecified atom stereocenters. The van der Waals surface area contributed by atoms with E-state index in [0.29, 0.717) is 32.1 Å². The number of morpholine rings is 1. The van der Waals surface area contributed by atoms with Gasteiger partial charge in [0.2, 0.25) is 21.8 Å². The number of ether oxygens (including phenoxy) is 2. The number of nitrogens with zero attached hydrogens (tertiary/aromatic N) is 3. The van der Waals surface area contributed by atoms with Gasteiger partial charge in [-0.25, -0.2) is 8.42 Å².